The van der Waals surface area contributed by atoms with Crippen molar-refractivity contribution in [1.29, 1.82) is 0 Å². The number of nitrogens with one attached hydrogen (secondary N) is 1. The molecule has 3 atom stereocenters. The maximum absolute atomic E-state index is 13.4. The molecule has 1 aromatic carbocycles. The fraction of sp³-hybridized carbons (Fsp3) is 0.526. The first-order valence-electron chi connectivity index (χ1n) is 9.66. The number of hydrogen-bond acceptors (Lipinski definition) is 7. The second-order valence-corrected chi connectivity index (χ2v) is 7.31. The van der Waals surface area contributed by atoms with Crippen LogP contribution in [-0.2, 0) is 9.53 Å². The Hall–Kier alpha value is -2.56. The smallest absolute Gasteiger partial charge is 0.327 e. The van der Waals surface area contributed by atoms with E-state index in [9.17, 15) is 14.0 Å². The molecule has 0 bridgehead atoms. The highest BCUT2D eigenvalue weighted by atomic mass is 19.1. The zero-order valence-electron chi connectivity index (χ0n) is 16.7. The highest BCUT2D eigenvalue weighted by Gasteiger charge is 2.55. The Morgan fingerprint density at radius 2 is 1.97 bits per heavy atom. The summed E-state index contributed by atoms with van der Waals surface area (Å²) in [6, 6.07) is 5.27. The van der Waals surface area contributed by atoms with Crippen molar-refractivity contribution in [1.82, 2.24) is 25.0 Å². The minimum Gasteiger partial charge on any atom is -0.380 e. The molecule has 0 aromatic heterocycles. The van der Waals surface area contributed by atoms with Crippen molar-refractivity contribution in [2.45, 2.75) is 25.4 Å². The van der Waals surface area contributed by atoms with Gasteiger partial charge in [-0.2, -0.15) is 5.10 Å². The summed E-state index contributed by atoms with van der Waals surface area (Å²) in [5.41, 5.74) is 1.52. The van der Waals surface area contributed by atoms with E-state index in [0.29, 0.717) is 26.3 Å². The van der Waals surface area contributed by atoms with Crippen LogP contribution in [0.5, 0.6) is 0 Å². The first-order chi connectivity index (χ1) is 13.9. The van der Waals surface area contributed by atoms with E-state index in [1.165, 1.54) is 19.2 Å². The van der Waals surface area contributed by atoms with Crippen molar-refractivity contribution in [2.75, 3.05) is 40.4 Å². The summed E-state index contributed by atoms with van der Waals surface area (Å²) in [6.45, 7) is 3.90. The van der Waals surface area contributed by atoms with Gasteiger partial charge in [0.2, 0.25) is 0 Å². The second kappa shape index (κ2) is 7.69. The first kappa shape index (κ1) is 19.7. The molecular formula is C19H25FN6O3. The van der Waals surface area contributed by atoms with Crippen LogP contribution in [0.2, 0.25) is 0 Å². The predicted molar refractivity (Wildman–Crippen MR) is 103 cm³/mol. The highest BCUT2D eigenvalue weighted by Crippen LogP contribution is 2.30. The van der Waals surface area contributed by atoms with Gasteiger partial charge in [0, 0.05) is 27.2 Å². The normalized spacial score (nSPS) is 27.2. The summed E-state index contributed by atoms with van der Waals surface area (Å²) in [4.78, 5) is 30.0. The minimum absolute atomic E-state index is 0.252. The SMILES string of the molecule is CCOCCN1N=C(c2ccc(F)cc2)CN2C3C(=O)N(C)C(=O)N(C)C3NC12. The average Bonchev–Trinajstić information content (AvgIpc) is 3.11. The van der Waals surface area contributed by atoms with Crippen molar-refractivity contribution >= 4 is 17.6 Å². The van der Waals surface area contributed by atoms with Gasteiger partial charge in [0.05, 0.1) is 18.9 Å². The summed E-state index contributed by atoms with van der Waals surface area (Å²) in [5.74, 6) is -0.568. The van der Waals surface area contributed by atoms with E-state index in [4.69, 9.17) is 9.84 Å². The Labute approximate surface area is 168 Å². The molecule has 0 radical (unpaired) electrons. The Balaban J connectivity index is 1.67. The van der Waals surface area contributed by atoms with Gasteiger partial charge in [0.1, 0.15) is 18.0 Å². The van der Waals surface area contributed by atoms with E-state index < -0.39 is 12.2 Å². The van der Waals surface area contributed by atoms with Crippen LogP contribution in [0, 0.1) is 5.82 Å². The number of carbonyl (C=O) groups is 2. The molecule has 0 saturated carbocycles. The topological polar surface area (TPSA) is 80.7 Å². The number of hydrogen-bond donors (Lipinski definition) is 1. The van der Waals surface area contributed by atoms with Gasteiger partial charge in [-0.3, -0.25) is 20.0 Å². The van der Waals surface area contributed by atoms with Crippen LogP contribution >= 0.6 is 0 Å². The zero-order chi connectivity index (χ0) is 20.7. The fourth-order valence-corrected chi connectivity index (χ4v) is 4.04. The second-order valence-electron chi connectivity index (χ2n) is 7.31. The highest BCUT2D eigenvalue weighted by molar-refractivity contribution is 6.04. The number of benzene rings is 1. The molecule has 3 unspecified atom stereocenters. The molecule has 4 rings (SSSR count). The van der Waals surface area contributed by atoms with Gasteiger partial charge in [0.25, 0.3) is 5.91 Å². The largest absolute Gasteiger partial charge is 0.380 e. The minimum atomic E-state index is -0.534. The monoisotopic (exact) mass is 404 g/mol. The van der Waals surface area contributed by atoms with Crippen LogP contribution < -0.4 is 5.32 Å². The number of urea groups is 1. The van der Waals surface area contributed by atoms with Crippen LogP contribution in [0.3, 0.4) is 0 Å². The van der Waals surface area contributed by atoms with Crippen molar-refractivity contribution in [3.8, 4) is 0 Å². The molecule has 1 aromatic rings. The Bertz CT molecular complexity index is 832. The number of rotatable bonds is 5. The third-order valence-corrected chi connectivity index (χ3v) is 5.59. The van der Waals surface area contributed by atoms with Crippen LogP contribution in [-0.4, -0.2) is 96.3 Å². The van der Waals surface area contributed by atoms with Gasteiger partial charge >= 0.3 is 6.03 Å². The van der Waals surface area contributed by atoms with Crippen LogP contribution in [0.4, 0.5) is 9.18 Å². The molecule has 2 fully saturated rings. The molecule has 0 spiro atoms. The Morgan fingerprint density at radius 3 is 2.66 bits per heavy atom. The maximum atomic E-state index is 13.4. The van der Waals surface area contributed by atoms with Crippen LogP contribution in [0.25, 0.3) is 0 Å². The number of hydrazone groups is 1. The summed E-state index contributed by atoms with van der Waals surface area (Å²) in [6.07, 6.45) is -0.797. The molecule has 3 aliphatic rings. The molecule has 2 saturated heterocycles. The molecule has 3 amide bonds. The van der Waals surface area contributed by atoms with Gasteiger partial charge in [-0.05, 0) is 24.6 Å². The number of carbonyl (C=O) groups excluding carboxylic acids is 2. The van der Waals surface area contributed by atoms with E-state index in [1.54, 1.807) is 24.1 Å². The predicted octanol–water partition coefficient (Wildman–Crippen LogP) is 0.289. The van der Waals surface area contributed by atoms with Gasteiger partial charge in [-0.15, -0.1) is 0 Å². The van der Waals surface area contributed by atoms with E-state index in [-0.39, 0.29) is 24.0 Å². The van der Waals surface area contributed by atoms with E-state index in [2.05, 4.69) is 5.32 Å². The molecule has 3 heterocycles. The van der Waals surface area contributed by atoms with Gasteiger partial charge in [-0.1, -0.05) is 12.1 Å². The van der Waals surface area contributed by atoms with E-state index in [0.717, 1.165) is 16.2 Å². The van der Waals surface area contributed by atoms with Gasteiger partial charge < -0.3 is 9.64 Å². The molecule has 29 heavy (non-hydrogen) atoms. The number of likely N-dealkylation sites (N-methyl/N-ethyl adjacent to an activating group) is 2. The Kier molecular flexibility index (Phi) is 5.24. The lowest BCUT2D eigenvalue weighted by Gasteiger charge is -2.41. The molecule has 156 valence electrons. The molecular weight excluding hydrogens is 379 g/mol. The molecule has 0 aliphatic carbocycles. The van der Waals surface area contributed by atoms with Crippen LogP contribution in [0.15, 0.2) is 29.4 Å². The molecule has 3 aliphatic heterocycles. The molecule has 10 heteroatoms. The van der Waals surface area contributed by atoms with Crippen LogP contribution in [0.1, 0.15) is 12.5 Å². The molecule has 1 N–H and O–H groups in total. The lowest BCUT2D eigenvalue weighted by molar-refractivity contribution is -0.137. The van der Waals surface area contributed by atoms with Crippen molar-refractivity contribution < 1.29 is 18.7 Å². The number of nitrogens with zero attached hydrogens (tertiary/aromatic N) is 5. The van der Waals surface area contributed by atoms with Crippen molar-refractivity contribution in [3.63, 3.8) is 0 Å². The quantitative estimate of drug-likeness (QED) is 0.711. The van der Waals surface area contributed by atoms with E-state index >= 15 is 0 Å². The number of fused-ring (bicyclic) bond motifs is 3. The van der Waals surface area contributed by atoms with E-state index in [1.807, 2.05) is 16.8 Å². The summed E-state index contributed by atoms with van der Waals surface area (Å²) < 4.78 is 18.9. The number of halogens is 1. The number of imide groups is 1. The summed E-state index contributed by atoms with van der Waals surface area (Å²) in [5, 5.41) is 9.96. The number of amides is 3. The third-order valence-electron chi connectivity index (χ3n) is 5.59. The number of ether oxygens (including phenoxy) is 1. The van der Waals surface area contributed by atoms with Gasteiger partial charge in [-0.25, -0.2) is 14.1 Å². The molecule has 9 nitrogen and oxygen atoms in total. The first-order valence-corrected chi connectivity index (χ1v) is 9.66. The maximum Gasteiger partial charge on any atom is 0.327 e. The fourth-order valence-electron chi connectivity index (χ4n) is 4.04. The lowest BCUT2D eigenvalue weighted by Crippen LogP contribution is -2.65. The standard InChI is InChI=1S/C19H25FN6O3/c1-4-29-10-9-26-18-21-16-15(17(27)24(3)19(28)23(16)2)25(18)11-14(22-26)12-5-7-13(20)8-6-12/h5-8,15-16,18,21H,4,9-11H2,1-3H3. The summed E-state index contributed by atoms with van der Waals surface area (Å²) in [7, 11) is 3.18. The summed E-state index contributed by atoms with van der Waals surface area (Å²) >= 11 is 0. The van der Waals surface area contributed by atoms with Gasteiger partial charge in [0.15, 0.2) is 6.29 Å². The zero-order valence-corrected chi connectivity index (χ0v) is 16.7. The van der Waals surface area contributed by atoms with Crippen molar-refractivity contribution in [3.05, 3.63) is 35.6 Å². The van der Waals surface area contributed by atoms with Crippen molar-refractivity contribution in [2.24, 2.45) is 5.10 Å². The average molecular weight is 404 g/mol. The lowest BCUT2D eigenvalue weighted by atomic mass is 10.1. The third kappa shape index (κ3) is 3.37. The Morgan fingerprint density at radius 1 is 1.24 bits per heavy atom.